The van der Waals surface area contributed by atoms with Gasteiger partial charge in [0.25, 0.3) is 10.0 Å². The highest BCUT2D eigenvalue weighted by Crippen LogP contribution is 2.20. The molecule has 0 bridgehead atoms. The van der Waals surface area contributed by atoms with Gasteiger partial charge in [0.15, 0.2) is 9.90 Å². The van der Waals surface area contributed by atoms with Crippen molar-refractivity contribution in [3.8, 4) is 0 Å². The summed E-state index contributed by atoms with van der Waals surface area (Å²) < 4.78 is 26.1. The molecule has 18 heavy (non-hydrogen) atoms. The van der Waals surface area contributed by atoms with Gasteiger partial charge in [-0.05, 0) is 21.0 Å². The Balaban J connectivity index is 2.93. The van der Waals surface area contributed by atoms with Gasteiger partial charge in [0.2, 0.25) is 0 Å². The van der Waals surface area contributed by atoms with E-state index in [1.54, 1.807) is 6.92 Å². The van der Waals surface area contributed by atoms with Crippen LogP contribution in [0.2, 0.25) is 0 Å². The third kappa shape index (κ3) is 3.73. The van der Waals surface area contributed by atoms with E-state index in [9.17, 15) is 13.2 Å². The number of carbonyl (C=O) groups is 1. The largest absolute Gasteiger partial charge is 0.476 e. The maximum Gasteiger partial charge on any atom is 0.356 e. The topological polar surface area (TPSA) is 99.6 Å². The number of sulfonamides is 1. The molecule has 1 aromatic rings. The minimum Gasteiger partial charge on any atom is -0.476 e. The second kappa shape index (κ2) is 5.74. The Hall–Kier alpha value is -1.03. The van der Waals surface area contributed by atoms with Gasteiger partial charge in [0.1, 0.15) is 0 Å². The molecule has 0 aliphatic heterocycles. The summed E-state index contributed by atoms with van der Waals surface area (Å²) in [4.78, 5) is 16.2. The van der Waals surface area contributed by atoms with Crippen molar-refractivity contribution < 1.29 is 18.3 Å². The second-order valence-corrected chi connectivity index (χ2v) is 6.84. The zero-order valence-corrected chi connectivity index (χ0v) is 11.9. The summed E-state index contributed by atoms with van der Waals surface area (Å²) in [5.74, 6) is -1.35. The fourth-order valence-electron chi connectivity index (χ4n) is 1.47. The van der Waals surface area contributed by atoms with Crippen molar-refractivity contribution in [3.05, 3.63) is 11.2 Å². The van der Waals surface area contributed by atoms with Crippen molar-refractivity contribution in [2.75, 3.05) is 20.6 Å². The Bertz CT molecular complexity index is 524. The number of aromatic carboxylic acids is 1. The standard InChI is InChI=1S/C9H15N3O4S2/c1-6(4-12(2)3)11-18(15,16)9-7(8(13)14)10-5-17-9/h5-6,11H,4H2,1-3H3,(H,13,14). The summed E-state index contributed by atoms with van der Waals surface area (Å²) in [5.41, 5.74) is 0.763. The highest BCUT2D eigenvalue weighted by atomic mass is 32.2. The Morgan fingerprint density at radius 3 is 2.72 bits per heavy atom. The van der Waals surface area contributed by atoms with Crippen LogP contribution in [0.5, 0.6) is 0 Å². The SMILES string of the molecule is CC(CN(C)C)NS(=O)(=O)c1scnc1C(=O)O. The van der Waals surface area contributed by atoms with Gasteiger partial charge < -0.3 is 10.0 Å². The van der Waals surface area contributed by atoms with Gasteiger partial charge in [-0.3, -0.25) is 0 Å². The highest BCUT2D eigenvalue weighted by Gasteiger charge is 2.26. The number of rotatable bonds is 6. The molecule has 0 aliphatic carbocycles. The van der Waals surface area contributed by atoms with E-state index in [1.165, 1.54) is 5.51 Å². The molecule has 0 fully saturated rings. The Labute approximate surface area is 110 Å². The number of carboxylic acids is 1. The average Bonchev–Trinajstić information content (AvgIpc) is 2.63. The number of nitrogens with zero attached hydrogens (tertiary/aromatic N) is 2. The maximum atomic E-state index is 12.0. The number of nitrogens with one attached hydrogen (secondary N) is 1. The summed E-state index contributed by atoms with van der Waals surface area (Å²) in [6.45, 7) is 2.22. The Kier molecular flexibility index (Phi) is 4.79. The van der Waals surface area contributed by atoms with Gasteiger partial charge in [-0.2, -0.15) is 0 Å². The molecule has 102 valence electrons. The zero-order valence-electron chi connectivity index (χ0n) is 10.2. The van der Waals surface area contributed by atoms with Crippen LogP contribution in [0.15, 0.2) is 9.72 Å². The van der Waals surface area contributed by atoms with Crippen LogP contribution in [0.3, 0.4) is 0 Å². The third-order valence-electron chi connectivity index (χ3n) is 1.98. The van der Waals surface area contributed by atoms with Crippen LogP contribution in [-0.4, -0.2) is 56.1 Å². The molecule has 1 rings (SSSR count). The molecule has 7 nitrogen and oxygen atoms in total. The molecule has 0 aromatic carbocycles. The van der Waals surface area contributed by atoms with E-state index in [0.29, 0.717) is 6.54 Å². The predicted octanol–water partition coefficient (Wildman–Crippen LogP) is 0.0697. The van der Waals surface area contributed by atoms with Crippen LogP contribution in [0.1, 0.15) is 17.4 Å². The second-order valence-electron chi connectivity index (χ2n) is 4.08. The van der Waals surface area contributed by atoms with E-state index < -0.39 is 21.7 Å². The van der Waals surface area contributed by atoms with Crippen molar-refractivity contribution in [2.24, 2.45) is 0 Å². The van der Waals surface area contributed by atoms with Crippen LogP contribution in [0.4, 0.5) is 0 Å². The minimum atomic E-state index is -3.84. The normalized spacial score (nSPS) is 13.8. The maximum absolute atomic E-state index is 12.0. The summed E-state index contributed by atoms with van der Waals surface area (Å²) in [6.07, 6.45) is 0. The van der Waals surface area contributed by atoms with Gasteiger partial charge >= 0.3 is 5.97 Å². The molecule has 1 heterocycles. The molecule has 0 amide bonds. The van der Waals surface area contributed by atoms with Crippen molar-refractivity contribution in [2.45, 2.75) is 17.2 Å². The molecule has 0 spiro atoms. The first-order valence-electron chi connectivity index (χ1n) is 5.08. The van der Waals surface area contributed by atoms with E-state index in [4.69, 9.17) is 5.11 Å². The number of aromatic nitrogens is 1. The molecular formula is C9H15N3O4S2. The van der Waals surface area contributed by atoms with E-state index in [-0.39, 0.29) is 10.3 Å². The summed E-state index contributed by atoms with van der Waals surface area (Å²) in [7, 11) is -0.200. The fourth-order valence-corrected chi connectivity index (χ4v) is 3.86. The number of hydrogen-bond acceptors (Lipinski definition) is 6. The Morgan fingerprint density at radius 1 is 1.61 bits per heavy atom. The highest BCUT2D eigenvalue weighted by molar-refractivity contribution is 7.91. The number of thiazole rings is 1. The number of carboxylic acid groups (broad SMARTS) is 1. The van der Waals surface area contributed by atoms with Gasteiger partial charge in [-0.1, -0.05) is 0 Å². The molecule has 1 aromatic heterocycles. The van der Waals surface area contributed by atoms with Crippen molar-refractivity contribution >= 4 is 27.3 Å². The molecule has 9 heteroatoms. The molecule has 0 aliphatic rings. The van der Waals surface area contributed by atoms with Gasteiger partial charge in [-0.15, -0.1) is 11.3 Å². The first kappa shape index (κ1) is 15.0. The lowest BCUT2D eigenvalue weighted by Crippen LogP contribution is -2.39. The summed E-state index contributed by atoms with van der Waals surface area (Å²) >= 11 is 0.790. The molecular weight excluding hydrogens is 278 g/mol. The van der Waals surface area contributed by atoms with E-state index in [1.807, 2.05) is 19.0 Å². The van der Waals surface area contributed by atoms with Crippen molar-refractivity contribution in [1.82, 2.24) is 14.6 Å². The summed E-state index contributed by atoms with van der Waals surface area (Å²) in [6, 6.07) is -0.325. The van der Waals surface area contributed by atoms with E-state index in [0.717, 1.165) is 11.3 Å². The summed E-state index contributed by atoms with van der Waals surface area (Å²) in [5, 5.41) is 8.84. The van der Waals surface area contributed by atoms with Crippen LogP contribution in [-0.2, 0) is 10.0 Å². The van der Waals surface area contributed by atoms with E-state index >= 15 is 0 Å². The monoisotopic (exact) mass is 293 g/mol. The predicted molar refractivity (Wildman–Crippen MR) is 67.4 cm³/mol. The first-order chi connectivity index (χ1) is 8.24. The van der Waals surface area contributed by atoms with Crippen molar-refractivity contribution in [3.63, 3.8) is 0 Å². The van der Waals surface area contributed by atoms with Crippen LogP contribution >= 0.6 is 11.3 Å². The molecule has 0 saturated heterocycles. The molecule has 0 saturated carbocycles. The average molecular weight is 293 g/mol. The van der Waals surface area contributed by atoms with Gasteiger partial charge in [-0.25, -0.2) is 22.9 Å². The molecule has 2 N–H and O–H groups in total. The zero-order chi connectivity index (χ0) is 13.9. The molecule has 0 radical (unpaired) electrons. The fraction of sp³-hybridized carbons (Fsp3) is 0.556. The van der Waals surface area contributed by atoms with Crippen LogP contribution in [0, 0.1) is 0 Å². The van der Waals surface area contributed by atoms with Gasteiger partial charge in [0, 0.05) is 12.6 Å². The van der Waals surface area contributed by atoms with Crippen LogP contribution < -0.4 is 4.72 Å². The Morgan fingerprint density at radius 2 is 2.22 bits per heavy atom. The quantitative estimate of drug-likeness (QED) is 0.770. The van der Waals surface area contributed by atoms with Gasteiger partial charge in [0.05, 0.1) is 5.51 Å². The minimum absolute atomic E-state index is 0.263. The molecule has 1 unspecified atom stereocenters. The smallest absolute Gasteiger partial charge is 0.356 e. The van der Waals surface area contributed by atoms with Crippen molar-refractivity contribution in [1.29, 1.82) is 0 Å². The lowest BCUT2D eigenvalue weighted by Gasteiger charge is -2.17. The number of likely N-dealkylation sites (N-methyl/N-ethyl adjacent to an activating group) is 1. The number of hydrogen-bond donors (Lipinski definition) is 2. The molecule has 1 atom stereocenters. The van der Waals surface area contributed by atoms with Crippen LogP contribution in [0.25, 0.3) is 0 Å². The van der Waals surface area contributed by atoms with E-state index in [2.05, 4.69) is 9.71 Å². The lowest BCUT2D eigenvalue weighted by molar-refractivity contribution is 0.0687. The lowest BCUT2D eigenvalue weighted by atomic mass is 10.3. The first-order valence-corrected chi connectivity index (χ1v) is 7.44. The third-order valence-corrected chi connectivity index (χ3v) is 4.94.